The van der Waals surface area contributed by atoms with Gasteiger partial charge in [-0.15, -0.1) is 0 Å². The summed E-state index contributed by atoms with van der Waals surface area (Å²) >= 11 is 0. The van der Waals surface area contributed by atoms with Crippen LogP contribution in [0.25, 0.3) is 0 Å². The van der Waals surface area contributed by atoms with Crippen molar-refractivity contribution in [2.45, 2.75) is 105 Å². The zero-order valence-electron chi connectivity index (χ0n) is 32.6. The molecule has 0 bridgehead atoms. The summed E-state index contributed by atoms with van der Waals surface area (Å²) in [5.74, 6) is -1.59. The van der Waals surface area contributed by atoms with Crippen LogP contribution >= 0.6 is 0 Å². The summed E-state index contributed by atoms with van der Waals surface area (Å²) in [6, 6.07) is -1.48. The van der Waals surface area contributed by atoms with Crippen LogP contribution in [0, 0.1) is 11.8 Å². The lowest BCUT2D eigenvalue weighted by molar-refractivity contribution is -0.161. The standard InChI is InChI=1S/C36H68N4O10/c1-11-27(3)31(33(43)49-35(5,6)7)37-29(41)25-39-13-17-45-21-23-47-19-15-40(16-20-48-24-22-46-18-14-39)26-30(42)38-32(28(4)12-2)34(44)50-36(8,9)10/h27-28,31-32H,11-26H2,1-10H3,(H,37,41)(H,38,42)/t27-,28-,31-,32+/m0/s1. The highest BCUT2D eigenvalue weighted by Gasteiger charge is 2.32. The van der Waals surface area contributed by atoms with Gasteiger partial charge in [-0.3, -0.25) is 19.4 Å². The highest BCUT2D eigenvalue weighted by molar-refractivity contribution is 5.86. The molecule has 14 heteroatoms. The number of nitrogens with one attached hydrogen (secondary N) is 2. The lowest BCUT2D eigenvalue weighted by Gasteiger charge is -2.29. The van der Waals surface area contributed by atoms with Gasteiger partial charge in [-0.25, -0.2) is 9.59 Å². The molecule has 0 aromatic rings. The van der Waals surface area contributed by atoms with Gasteiger partial charge in [0.25, 0.3) is 0 Å². The molecule has 0 aliphatic carbocycles. The molecule has 292 valence electrons. The first-order valence-electron chi connectivity index (χ1n) is 18.3. The molecule has 1 aliphatic rings. The molecule has 1 saturated heterocycles. The highest BCUT2D eigenvalue weighted by Crippen LogP contribution is 2.16. The van der Waals surface area contributed by atoms with E-state index in [0.29, 0.717) is 91.9 Å². The van der Waals surface area contributed by atoms with Gasteiger partial charge in [0.2, 0.25) is 11.8 Å². The first-order valence-corrected chi connectivity index (χ1v) is 18.3. The van der Waals surface area contributed by atoms with Crippen LogP contribution in [0.3, 0.4) is 0 Å². The molecule has 50 heavy (non-hydrogen) atoms. The molecule has 14 nitrogen and oxygen atoms in total. The SMILES string of the molecule is CC[C@H](C)[C@H](NC(=O)CN1CCOCCOCCN(CC(=O)N[C@@H](C(=O)OC(C)(C)C)[C@@H](C)CC)CCOCCOCC1)C(=O)OC(C)(C)C. The van der Waals surface area contributed by atoms with E-state index < -0.39 is 35.2 Å². The number of hydrogen-bond donors (Lipinski definition) is 2. The van der Waals surface area contributed by atoms with Gasteiger partial charge >= 0.3 is 11.9 Å². The Bertz CT molecular complexity index is 902. The Labute approximate surface area is 300 Å². The molecule has 1 rings (SSSR count). The summed E-state index contributed by atoms with van der Waals surface area (Å²) < 4.78 is 34.3. The molecule has 2 N–H and O–H groups in total. The van der Waals surface area contributed by atoms with Gasteiger partial charge in [-0.1, -0.05) is 40.5 Å². The van der Waals surface area contributed by atoms with E-state index in [4.69, 9.17) is 28.4 Å². The third kappa shape index (κ3) is 21.1. The van der Waals surface area contributed by atoms with Crippen LogP contribution in [0.5, 0.6) is 0 Å². The predicted molar refractivity (Wildman–Crippen MR) is 191 cm³/mol. The minimum atomic E-state index is -0.738. The Morgan fingerprint density at radius 1 is 0.560 bits per heavy atom. The van der Waals surface area contributed by atoms with Crippen molar-refractivity contribution in [2.24, 2.45) is 11.8 Å². The van der Waals surface area contributed by atoms with Crippen LogP contribution in [0.1, 0.15) is 82.1 Å². The number of amides is 2. The van der Waals surface area contributed by atoms with Crippen molar-refractivity contribution in [3.8, 4) is 0 Å². The molecule has 1 aliphatic heterocycles. The lowest BCUT2D eigenvalue weighted by atomic mass is 9.99. The molecule has 0 aromatic heterocycles. The van der Waals surface area contributed by atoms with Crippen LogP contribution in [0.2, 0.25) is 0 Å². The quantitative estimate of drug-likeness (QED) is 0.285. The number of carbonyl (C=O) groups is 4. The van der Waals surface area contributed by atoms with Crippen molar-refractivity contribution < 1.29 is 47.6 Å². The van der Waals surface area contributed by atoms with E-state index in [1.54, 1.807) is 41.5 Å². The van der Waals surface area contributed by atoms with E-state index in [9.17, 15) is 19.2 Å². The fourth-order valence-electron chi connectivity index (χ4n) is 4.87. The molecule has 2 amide bonds. The van der Waals surface area contributed by atoms with Crippen LogP contribution < -0.4 is 10.6 Å². The van der Waals surface area contributed by atoms with Crippen molar-refractivity contribution in [3.05, 3.63) is 0 Å². The second kappa shape index (κ2) is 24.0. The number of nitrogens with zero attached hydrogens (tertiary/aromatic N) is 2. The minimum Gasteiger partial charge on any atom is -0.458 e. The van der Waals surface area contributed by atoms with Crippen LogP contribution in [0.15, 0.2) is 0 Å². The Balaban J connectivity index is 2.70. The van der Waals surface area contributed by atoms with E-state index >= 15 is 0 Å². The lowest BCUT2D eigenvalue weighted by Crippen LogP contribution is -2.51. The molecule has 0 radical (unpaired) electrons. The van der Waals surface area contributed by atoms with Gasteiger partial charge in [0, 0.05) is 26.2 Å². The third-order valence-electron chi connectivity index (χ3n) is 8.07. The highest BCUT2D eigenvalue weighted by atomic mass is 16.6. The molecular formula is C36H68N4O10. The van der Waals surface area contributed by atoms with E-state index in [2.05, 4.69) is 10.6 Å². The molecule has 0 spiro atoms. The Morgan fingerprint density at radius 3 is 1.08 bits per heavy atom. The third-order valence-corrected chi connectivity index (χ3v) is 8.07. The molecule has 1 heterocycles. The fraction of sp³-hybridized carbons (Fsp3) is 0.889. The maximum absolute atomic E-state index is 13.1. The first kappa shape index (κ1) is 45.7. The van der Waals surface area contributed by atoms with Crippen molar-refractivity contribution in [3.63, 3.8) is 0 Å². The topological polar surface area (TPSA) is 154 Å². The number of ether oxygens (including phenoxy) is 6. The van der Waals surface area contributed by atoms with Crippen molar-refractivity contribution in [1.82, 2.24) is 20.4 Å². The smallest absolute Gasteiger partial charge is 0.329 e. The van der Waals surface area contributed by atoms with E-state index in [1.807, 2.05) is 37.5 Å². The zero-order chi connectivity index (χ0) is 37.7. The zero-order valence-corrected chi connectivity index (χ0v) is 32.6. The summed E-state index contributed by atoms with van der Waals surface area (Å²) in [7, 11) is 0. The number of esters is 2. The number of rotatable bonds is 12. The van der Waals surface area contributed by atoms with Gasteiger partial charge in [0.15, 0.2) is 0 Å². The minimum absolute atomic E-state index is 0.0781. The fourth-order valence-corrected chi connectivity index (χ4v) is 4.87. The van der Waals surface area contributed by atoms with Gasteiger partial charge in [0.05, 0.1) is 65.9 Å². The second-order valence-electron chi connectivity index (χ2n) is 14.9. The van der Waals surface area contributed by atoms with Gasteiger partial charge in [0.1, 0.15) is 23.3 Å². The van der Waals surface area contributed by atoms with Crippen LogP contribution in [-0.4, -0.2) is 149 Å². The maximum atomic E-state index is 13.1. The van der Waals surface area contributed by atoms with E-state index in [1.165, 1.54) is 0 Å². The molecule has 1 fully saturated rings. The number of carbonyl (C=O) groups excluding carboxylic acids is 4. The molecule has 4 atom stereocenters. The summed E-state index contributed by atoms with van der Waals surface area (Å²) in [4.78, 5) is 55.7. The molecular weight excluding hydrogens is 648 g/mol. The van der Waals surface area contributed by atoms with Gasteiger partial charge in [-0.2, -0.15) is 0 Å². The first-order chi connectivity index (χ1) is 23.5. The van der Waals surface area contributed by atoms with Crippen LogP contribution in [0.4, 0.5) is 0 Å². The normalized spacial score (nSPS) is 19.9. The van der Waals surface area contributed by atoms with Crippen molar-refractivity contribution in [1.29, 1.82) is 0 Å². The molecule has 0 unspecified atom stereocenters. The maximum Gasteiger partial charge on any atom is 0.329 e. The van der Waals surface area contributed by atoms with Gasteiger partial charge < -0.3 is 39.1 Å². The molecule has 0 saturated carbocycles. The monoisotopic (exact) mass is 716 g/mol. The largest absolute Gasteiger partial charge is 0.458 e. The van der Waals surface area contributed by atoms with Crippen molar-refractivity contribution in [2.75, 3.05) is 92.1 Å². The van der Waals surface area contributed by atoms with Crippen LogP contribution in [-0.2, 0) is 47.6 Å². The van der Waals surface area contributed by atoms with Gasteiger partial charge in [-0.05, 0) is 53.4 Å². The summed E-state index contributed by atoms with van der Waals surface area (Å²) in [6.07, 6.45) is 1.42. The average Bonchev–Trinajstić information content (AvgIpc) is 3.01. The number of hydrogen-bond acceptors (Lipinski definition) is 12. The molecule has 0 aromatic carbocycles. The second-order valence-corrected chi connectivity index (χ2v) is 14.9. The summed E-state index contributed by atoms with van der Waals surface area (Å²) in [6.45, 7) is 23.7. The predicted octanol–water partition coefficient (Wildman–Crippen LogP) is 2.42. The summed E-state index contributed by atoms with van der Waals surface area (Å²) in [5.41, 5.74) is -1.31. The van der Waals surface area contributed by atoms with E-state index in [0.717, 1.165) is 0 Å². The van der Waals surface area contributed by atoms with Crippen molar-refractivity contribution >= 4 is 23.8 Å². The van der Waals surface area contributed by atoms with E-state index in [-0.39, 0.29) is 36.7 Å². The summed E-state index contributed by atoms with van der Waals surface area (Å²) in [5, 5.41) is 5.78. The average molecular weight is 717 g/mol. The Hall–Kier alpha value is -2.36. The Kier molecular flexibility index (Phi) is 21.9. The Morgan fingerprint density at radius 2 is 0.840 bits per heavy atom.